The molecule has 2 bridgehead atoms. The van der Waals surface area contributed by atoms with E-state index >= 15 is 4.39 Å². The number of carbonyl (C=O) groups excluding carboxylic acids is 1. The van der Waals surface area contributed by atoms with E-state index in [1.165, 1.54) is 6.07 Å². The Kier molecular flexibility index (Phi) is 10.9. The number of aliphatic hydroxyl groups excluding tert-OH is 2. The van der Waals surface area contributed by atoms with Crippen LogP contribution in [0.3, 0.4) is 0 Å². The van der Waals surface area contributed by atoms with Gasteiger partial charge in [-0.25, -0.2) is 4.39 Å². The van der Waals surface area contributed by atoms with Gasteiger partial charge in [-0.15, -0.1) is 0 Å². The fourth-order valence-corrected chi connectivity index (χ4v) is 12.1. The molecule has 0 radical (unpaired) electrons. The first-order valence-electron chi connectivity index (χ1n) is 19.6. The van der Waals surface area contributed by atoms with Crippen molar-refractivity contribution in [2.45, 2.75) is 96.1 Å². The second-order valence-corrected chi connectivity index (χ2v) is 17.8. The molecular weight excluding hydrogens is 693 g/mol. The molecule has 2 spiro atoms. The highest BCUT2D eigenvalue weighted by Crippen LogP contribution is 2.78. The predicted molar refractivity (Wildman–Crippen MR) is 204 cm³/mol. The molecule has 288 valence electrons. The van der Waals surface area contributed by atoms with Gasteiger partial charge in [0.05, 0.1) is 31.0 Å². The van der Waals surface area contributed by atoms with Gasteiger partial charge in [0.2, 0.25) is 0 Å². The minimum Gasteiger partial charge on any atom is -0.393 e. The molecular formula is C44H57ClFNO6. The number of methoxy groups -OCH3 is 1. The van der Waals surface area contributed by atoms with Crippen LogP contribution < -0.4 is 0 Å². The highest BCUT2D eigenvalue weighted by Gasteiger charge is 2.74. The summed E-state index contributed by atoms with van der Waals surface area (Å²) in [6.07, 6.45) is 11.2. The van der Waals surface area contributed by atoms with Crippen LogP contribution in [0, 0.1) is 39.3 Å². The van der Waals surface area contributed by atoms with Crippen molar-refractivity contribution in [2.24, 2.45) is 33.5 Å². The average Bonchev–Trinajstić information content (AvgIpc) is 3.40. The summed E-state index contributed by atoms with van der Waals surface area (Å²) in [4.78, 5) is 16.9. The van der Waals surface area contributed by atoms with Crippen molar-refractivity contribution in [3.63, 3.8) is 0 Å². The van der Waals surface area contributed by atoms with E-state index in [0.29, 0.717) is 51.3 Å². The van der Waals surface area contributed by atoms with Crippen LogP contribution >= 0.6 is 11.6 Å². The van der Waals surface area contributed by atoms with E-state index in [9.17, 15) is 20.1 Å². The van der Waals surface area contributed by atoms with Crippen molar-refractivity contribution in [1.29, 1.82) is 0 Å². The minimum absolute atomic E-state index is 0.0387. The first-order chi connectivity index (χ1) is 25.3. The van der Waals surface area contributed by atoms with E-state index in [1.54, 1.807) is 19.2 Å². The number of hydrogen-bond donors (Lipinski definition) is 3. The van der Waals surface area contributed by atoms with Crippen molar-refractivity contribution >= 4 is 17.4 Å². The Labute approximate surface area is 319 Å². The van der Waals surface area contributed by atoms with Gasteiger partial charge in [-0.2, -0.15) is 0 Å². The largest absolute Gasteiger partial charge is 0.393 e. The summed E-state index contributed by atoms with van der Waals surface area (Å²) in [6.45, 7) is 7.13. The van der Waals surface area contributed by atoms with Gasteiger partial charge >= 0.3 is 0 Å². The third-order valence-electron chi connectivity index (χ3n) is 14.6. The number of halogens is 2. The van der Waals surface area contributed by atoms with Crippen molar-refractivity contribution in [3.05, 3.63) is 94.3 Å². The zero-order valence-electron chi connectivity index (χ0n) is 31.5. The van der Waals surface area contributed by atoms with Gasteiger partial charge in [0.15, 0.2) is 5.78 Å². The van der Waals surface area contributed by atoms with Gasteiger partial charge in [0.1, 0.15) is 5.82 Å². The normalized spacial score (nSPS) is 36.2. The second kappa shape index (κ2) is 14.9. The number of benzene rings is 2. The summed E-state index contributed by atoms with van der Waals surface area (Å²) >= 11 is 6.48. The van der Waals surface area contributed by atoms with Crippen LogP contribution in [-0.4, -0.2) is 83.8 Å². The molecule has 0 aliphatic heterocycles. The summed E-state index contributed by atoms with van der Waals surface area (Å²) in [5.41, 5.74) is -0.943. The third kappa shape index (κ3) is 6.58. The van der Waals surface area contributed by atoms with Gasteiger partial charge in [-0.3, -0.25) is 9.69 Å². The maximum absolute atomic E-state index is 15.1. The van der Waals surface area contributed by atoms with Crippen molar-refractivity contribution < 1.29 is 34.0 Å². The molecule has 9 atom stereocenters. The number of aliphatic hydroxyl groups is 3. The number of fused-ring (bicyclic) bond motifs is 1. The molecule has 2 aromatic rings. The summed E-state index contributed by atoms with van der Waals surface area (Å²) in [6, 6.07) is 14.4. The van der Waals surface area contributed by atoms with Gasteiger partial charge < -0.3 is 24.8 Å². The lowest BCUT2D eigenvalue weighted by Crippen LogP contribution is -2.67. The first-order valence-corrected chi connectivity index (χ1v) is 20.0. The Hall–Kier alpha value is -2.43. The lowest BCUT2D eigenvalue weighted by atomic mass is 9.32. The second-order valence-electron chi connectivity index (χ2n) is 17.3. The van der Waals surface area contributed by atoms with Crippen LogP contribution in [0.25, 0.3) is 0 Å². The molecule has 3 saturated carbocycles. The Morgan fingerprint density at radius 1 is 1.02 bits per heavy atom. The summed E-state index contributed by atoms with van der Waals surface area (Å²) in [5, 5.41) is 35.4. The van der Waals surface area contributed by atoms with Crippen LogP contribution in [-0.2, 0) is 27.3 Å². The molecule has 1 unspecified atom stereocenters. The average molecular weight is 750 g/mol. The number of allylic oxidation sites excluding steroid dienone is 4. The van der Waals surface area contributed by atoms with E-state index in [-0.39, 0.29) is 46.6 Å². The zero-order chi connectivity index (χ0) is 37.6. The smallest absolute Gasteiger partial charge is 0.164 e. The van der Waals surface area contributed by atoms with Crippen LogP contribution in [0.5, 0.6) is 0 Å². The summed E-state index contributed by atoms with van der Waals surface area (Å²) < 4.78 is 26.4. The third-order valence-corrected chi connectivity index (χ3v) is 15.0. The fourth-order valence-electron chi connectivity index (χ4n) is 11.9. The molecule has 6 aliphatic carbocycles. The number of nitrogens with zero attached hydrogens (tertiary/aromatic N) is 1. The van der Waals surface area contributed by atoms with Gasteiger partial charge in [-0.05, 0) is 86.3 Å². The fraction of sp³-hybridized carbons (Fsp3) is 0.614. The molecule has 2 aromatic carbocycles. The van der Waals surface area contributed by atoms with E-state index in [2.05, 4.69) is 37.0 Å². The number of rotatable bonds is 15. The SMILES string of the molecule is COCCCN(C[C@@H](O)COCc1ccccc1)C[C@]1(O)CC[C@H]2[C@]34C=C[C@@]5(C=C3C(=O)Cc3c(F)cccc3Cl)CC(O)CC[C@]5(C)[C@H]4CC[C@@]21C. The maximum atomic E-state index is 15.1. The highest BCUT2D eigenvalue weighted by molar-refractivity contribution is 6.31. The number of carbonyl (C=O) groups is 1. The Balaban J connectivity index is 1.19. The van der Waals surface area contributed by atoms with Gasteiger partial charge in [0.25, 0.3) is 0 Å². The van der Waals surface area contributed by atoms with E-state index in [1.807, 2.05) is 30.3 Å². The number of ketones is 1. The first kappa shape index (κ1) is 38.8. The topological polar surface area (TPSA) is 99.5 Å². The van der Waals surface area contributed by atoms with Gasteiger partial charge in [-0.1, -0.05) is 80.1 Å². The standard InChI is InChI=1S/C44H57ClFNO6/c1-40-16-13-31(48)24-42(40)19-20-44(34(25-42)37(50)23-33-35(45)11-7-12-36(33)46)38(40)14-17-41(2)39(44)15-18-43(41,51)29-47(21-8-22-52-3)26-32(49)28-53-27-30-9-5-4-6-10-30/h4-7,9-12,19-20,25,31-32,38-39,48-49,51H,8,13-18,21-24,26-29H2,1-3H3/t31?,32-,38-,39-,40-,41+,42+,43-,44-/m1/s1. The monoisotopic (exact) mass is 749 g/mol. The summed E-state index contributed by atoms with van der Waals surface area (Å²) in [7, 11) is 1.68. The van der Waals surface area contributed by atoms with Crippen LogP contribution in [0.15, 0.2) is 72.3 Å². The van der Waals surface area contributed by atoms with Crippen molar-refractivity contribution in [3.8, 4) is 0 Å². The Morgan fingerprint density at radius 3 is 2.51 bits per heavy atom. The van der Waals surface area contributed by atoms with E-state index in [0.717, 1.165) is 44.1 Å². The molecule has 0 saturated heterocycles. The van der Waals surface area contributed by atoms with Crippen LogP contribution in [0.2, 0.25) is 5.02 Å². The lowest BCUT2D eigenvalue weighted by Gasteiger charge is -2.71. The quantitative estimate of drug-likeness (QED) is 0.132. The molecule has 0 amide bonds. The molecule has 0 heterocycles. The van der Waals surface area contributed by atoms with Crippen molar-refractivity contribution in [2.75, 3.05) is 40.0 Å². The van der Waals surface area contributed by atoms with E-state index < -0.39 is 39.9 Å². The molecule has 6 aliphatic rings. The molecule has 3 N–H and O–H groups in total. The summed E-state index contributed by atoms with van der Waals surface area (Å²) in [5.74, 6) is -0.525. The number of Topliss-reactive ketones (excluding diaryl/α,β-unsaturated/α-hetero) is 1. The minimum atomic E-state index is -1.08. The molecule has 53 heavy (non-hydrogen) atoms. The van der Waals surface area contributed by atoms with E-state index in [4.69, 9.17) is 21.1 Å². The van der Waals surface area contributed by atoms with Gasteiger partial charge in [0, 0.05) is 72.2 Å². The Bertz CT molecular complexity index is 1700. The maximum Gasteiger partial charge on any atom is 0.164 e. The lowest BCUT2D eigenvalue weighted by molar-refractivity contribution is -0.180. The van der Waals surface area contributed by atoms with Crippen LogP contribution in [0.1, 0.15) is 76.3 Å². The van der Waals surface area contributed by atoms with Crippen molar-refractivity contribution in [1.82, 2.24) is 4.90 Å². The predicted octanol–water partition coefficient (Wildman–Crippen LogP) is 7.10. The molecule has 3 fully saturated rings. The number of hydrogen-bond acceptors (Lipinski definition) is 7. The molecule has 7 nitrogen and oxygen atoms in total. The van der Waals surface area contributed by atoms with Crippen LogP contribution in [0.4, 0.5) is 4.39 Å². The molecule has 0 aromatic heterocycles. The zero-order valence-corrected chi connectivity index (χ0v) is 32.3. The highest BCUT2D eigenvalue weighted by atomic mass is 35.5. The molecule has 9 heteroatoms. The number of ether oxygens (including phenoxy) is 2. The molecule has 8 rings (SSSR count). The Morgan fingerprint density at radius 2 is 1.75 bits per heavy atom.